The summed E-state index contributed by atoms with van der Waals surface area (Å²) < 4.78 is 1.28. The van der Waals surface area contributed by atoms with Crippen LogP contribution in [0, 0.1) is 0 Å². The quantitative estimate of drug-likeness (QED) is 0.759. The highest BCUT2D eigenvalue weighted by Gasteiger charge is 2.10. The Labute approximate surface area is 127 Å². The lowest BCUT2D eigenvalue weighted by atomic mass is 10.1. The van der Waals surface area contributed by atoms with E-state index in [-0.39, 0.29) is 6.04 Å². The number of amides is 1. The fraction of sp³-hybridized carbons (Fsp3) is 0.118. The van der Waals surface area contributed by atoms with Gasteiger partial charge in [-0.1, -0.05) is 24.3 Å². The average molecular weight is 296 g/mol. The topological polar surface area (TPSA) is 55.1 Å². The van der Waals surface area contributed by atoms with Gasteiger partial charge >= 0.3 is 0 Å². The van der Waals surface area contributed by atoms with E-state index in [0.717, 1.165) is 5.69 Å². The van der Waals surface area contributed by atoms with Gasteiger partial charge in [0.25, 0.3) is 0 Å². The number of anilines is 1. The van der Waals surface area contributed by atoms with Crippen LogP contribution in [0.5, 0.6) is 0 Å². The van der Waals surface area contributed by atoms with Crippen molar-refractivity contribution in [1.29, 1.82) is 0 Å². The van der Waals surface area contributed by atoms with Crippen LogP contribution in [0.1, 0.15) is 28.2 Å². The van der Waals surface area contributed by atoms with Gasteiger partial charge in [0.15, 0.2) is 0 Å². The van der Waals surface area contributed by atoms with Crippen LogP contribution in [0.4, 0.5) is 5.69 Å². The molecular weight excluding hydrogens is 280 g/mol. The van der Waals surface area contributed by atoms with Crippen molar-refractivity contribution >= 4 is 33.0 Å². The monoisotopic (exact) mass is 296 g/mol. The summed E-state index contributed by atoms with van der Waals surface area (Å²) in [6.45, 7) is 2.11. The number of nitrogens with one attached hydrogen (secondary N) is 1. The molecule has 0 aliphatic carbocycles. The minimum absolute atomic E-state index is 0.172. The van der Waals surface area contributed by atoms with Crippen LogP contribution in [-0.4, -0.2) is 5.91 Å². The number of carbonyl (C=O) groups excluding carboxylic acids is 1. The summed E-state index contributed by atoms with van der Waals surface area (Å²) in [6.07, 6.45) is 0. The van der Waals surface area contributed by atoms with Crippen LogP contribution in [0.3, 0.4) is 0 Å². The summed E-state index contributed by atoms with van der Waals surface area (Å²) in [6, 6.07) is 18.0. The summed E-state index contributed by atoms with van der Waals surface area (Å²) >= 11 is 1.78. The summed E-state index contributed by atoms with van der Waals surface area (Å²) in [5.74, 6) is -0.409. The Morgan fingerprint density at radius 3 is 2.71 bits per heavy atom. The highest BCUT2D eigenvalue weighted by molar-refractivity contribution is 7.19. The summed E-state index contributed by atoms with van der Waals surface area (Å²) in [5, 5.41) is 4.68. The minimum Gasteiger partial charge on any atom is -0.378 e. The van der Waals surface area contributed by atoms with Gasteiger partial charge in [-0.3, -0.25) is 4.79 Å². The van der Waals surface area contributed by atoms with E-state index in [4.69, 9.17) is 5.73 Å². The second-order valence-electron chi connectivity index (χ2n) is 5.00. The Hall–Kier alpha value is -2.33. The van der Waals surface area contributed by atoms with Crippen molar-refractivity contribution in [3.05, 3.63) is 65.0 Å². The third-order valence-corrected chi connectivity index (χ3v) is 4.70. The van der Waals surface area contributed by atoms with Crippen LogP contribution in [0.15, 0.2) is 54.6 Å². The number of nitrogens with two attached hydrogens (primary N) is 1. The minimum atomic E-state index is -0.409. The van der Waals surface area contributed by atoms with Crippen molar-refractivity contribution in [2.24, 2.45) is 5.73 Å². The van der Waals surface area contributed by atoms with Gasteiger partial charge in [-0.05, 0) is 42.6 Å². The molecule has 2 aromatic carbocycles. The first-order valence-electron chi connectivity index (χ1n) is 6.78. The summed E-state index contributed by atoms with van der Waals surface area (Å²) in [7, 11) is 0. The molecule has 0 bridgehead atoms. The fourth-order valence-electron chi connectivity index (χ4n) is 2.30. The molecule has 3 N–H and O–H groups in total. The number of thiophene rings is 1. The zero-order valence-electron chi connectivity index (χ0n) is 11.7. The van der Waals surface area contributed by atoms with E-state index in [9.17, 15) is 4.79 Å². The molecule has 1 atom stereocenters. The third-order valence-electron chi connectivity index (χ3n) is 3.40. The standard InChI is InChI=1S/C17H16N2OS/c1-11(16-10-12-5-2-3-8-15(12)21-16)19-14-7-4-6-13(9-14)17(18)20/h2-11,19H,1H3,(H2,18,20). The molecule has 1 aromatic heterocycles. The van der Waals surface area contributed by atoms with Gasteiger partial charge in [-0.25, -0.2) is 0 Å². The predicted molar refractivity (Wildman–Crippen MR) is 88.8 cm³/mol. The maximum absolute atomic E-state index is 11.2. The number of fused-ring (bicyclic) bond motifs is 1. The zero-order chi connectivity index (χ0) is 14.8. The van der Waals surface area contributed by atoms with Gasteiger partial charge in [-0.15, -0.1) is 11.3 Å². The molecule has 106 valence electrons. The molecule has 3 rings (SSSR count). The summed E-state index contributed by atoms with van der Waals surface area (Å²) in [4.78, 5) is 12.5. The Morgan fingerprint density at radius 2 is 1.95 bits per heavy atom. The maximum Gasteiger partial charge on any atom is 0.248 e. The number of benzene rings is 2. The highest BCUT2D eigenvalue weighted by atomic mass is 32.1. The summed E-state index contributed by atoms with van der Waals surface area (Å²) in [5.41, 5.74) is 6.73. The smallest absolute Gasteiger partial charge is 0.248 e. The first-order chi connectivity index (χ1) is 10.1. The van der Waals surface area contributed by atoms with Crippen molar-refractivity contribution in [3.8, 4) is 0 Å². The van der Waals surface area contributed by atoms with Crippen molar-refractivity contribution in [1.82, 2.24) is 0 Å². The van der Waals surface area contributed by atoms with Gasteiger partial charge in [-0.2, -0.15) is 0 Å². The van der Waals surface area contributed by atoms with Crippen molar-refractivity contribution in [3.63, 3.8) is 0 Å². The molecular formula is C17H16N2OS. The van der Waals surface area contributed by atoms with Gasteiger partial charge in [0.1, 0.15) is 0 Å². The maximum atomic E-state index is 11.2. The molecule has 0 spiro atoms. The van der Waals surface area contributed by atoms with Crippen molar-refractivity contribution < 1.29 is 4.79 Å². The molecule has 0 fully saturated rings. The van der Waals surface area contributed by atoms with E-state index in [2.05, 4.69) is 36.5 Å². The van der Waals surface area contributed by atoms with Gasteiger partial charge < -0.3 is 11.1 Å². The Morgan fingerprint density at radius 1 is 1.14 bits per heavy atom. The normalized spacial score (nSPS) is 12.2. The number of hydrogen-bond acceptors (Lipinski definition) is 3. The first-order valence-corrected chi connectivity index (χ1v) is 7.60. The Balaban J connectivity index is 1.84. The molecule has 21 heavy (non-hydrogen) atoms. The lowest BCUT2D eigenvalue weighted by Crippen LogP contribution is -2.12. The van der Waals surface area contributed by atoms with Gasteiger partial charge in [0, 0.05) is 20.8 Å². The van der Waals surface area contributed by atoms with E-state index in [0.29, 0.717) is 5.56 Å². The van der Waals surface area contributed by atoms with E-state index >= 15 is 0 Å². The molecule has 4 heteroatoms. The second kappa shape index (κ2) is 5.58. The molecule has 1 unspecified atom stereocenters. The van der Waals surface area contributed by atoms with Crippen molar-refractivity contribution in [2.45, 2.75) is 13.0 Å². The van der Waals surface area contributed by atoms with Crippen LogP contribution in [0.25, 0.3) is 10.1 Å². The fourth-order valence-corrected chi connectivity index (χ4v) is 3.37. The van der Waals surface area contributed by atoms with Crippen LogP contribution in [-0.2, 0) is 0 Å². The van der Waals surface area contributed by atoms with E-state index in [1.165, 1.54) is 15.0 Å². The van der Waals surface area contributed by atoms with E-state index < -0.39 is 5.91 Å². The predicted octanol–water partition coefficient (Wildman–Crippen LogP) is 4.17. The molecule has 0 aliphatic rings. The number of carbonyl (C=O) groups is 1. The lowest BCUT2D eigenvalue weighted by Gasteiger charge is -2.14. The second-order valence-corrected chi connectivity index (χ2v) is 6.11. The number of primary amides is 1. The van der Waals surface area contributed by atoms with E-state index in [1.807, 2.05) is 18.2 Å². The molecule has 0 saturated carbocycles. The molecule has 3 aromatic rings. The largest absolute Gasteiger partial charge is 0.378 e. The van der Waals surface area contributed by atoms with E-state index in [1.54, 1.807) is 23.5 Å². The SMILES string of the molecule is CC(Nc1cccc(C(N)=O)c1)c1cc2ccccc2s1. The van der Waals surface area contributed by atoms with Crippen molar-refractivity contribution in [2.75, 3.05) is 5.32 Å². The Bertz CT molecular complexity index is 761. The highest BCUT2D eigenvalue weighted by Crippen LogP contribution is 2.31. The zero-order valence-corrected chi connectivity index (χ0v) is 12.5. The number of rotatable bonds is 4. The van der Waals surface area contributed by atoms with Crippen LogP contribution >= 0.6 is 11.3 Å². The molecule has 0 saturated heterocycles. The Kier molecular flexibility index (Phi) is 3.62. The van der Waals surface area contributed by atoms with Crippen LogP contribution < -0.4 is 11.1 Å². The number of hydrogen-bond donors (Lipinski definition) is 2. The average Bonchev–Trinajstić information content (AvgIpc) is 2.91. The third kappa shape index (κ3) is 2.90. The lowest BCUT2D eigenvalue weighted by molar-refractivity contribution is 0.100. The molecule has 1 heterocycles. The van der Waals surface area contributed by atoms with Crippen LogP contribution in [0.2, 0.25) is 0 Å². The molecule has 0 radical (unpaired) electrons. The molecule has 1 amide bonds. The first kappa shape index (κ1) is 13.6. The van der Waals surface area contributed by atoms with Gasteiger partial charge in [0.05, 0.1) is 6.04 Å². The molecule has 3 nitrogen and oxygen atoms in total. The van der Waals surface area contributed by atoms with Gasteiger partial charge in [0.2, 0.25) is 5.91 Å². The molecule has 0 aliphatic heterocycles.